The summed E-state index contributed by atoms with van der Waals surface area (Å²) in [4.78, 5) is 36.4. The lowest BCUT2D eigenvalue weighted by Gasteiger charge is -2.30. The van der Waals surface area contributed by atoms with Crippen molar-refractivity contribution >= 4 is 17.7 Å². The van der Waals surface area contributed by atoms with Gasteiger partial charge in [0, 0.05) is 19.0 Å². The first-order valence-corrected chi connectivity index (χ1v) is 7.58. The number of nitrogens with zero attached hydrogens (tertiary/aromatic N) is 1. The number of carbonyl (C=O) groups excluding carboxylic acids is 3. The second-order valence-electron chi connectivity index (χ2n) is 5.44. The molecule has 1 fully saturated rings. The van der Waals surface area contributed by atoms with Gasteiger partial charge in [0.15, 0.2) is 6.61 Å². The Labute approximate surface area is 134 Å². The standard InChI is InChI=1S/C16H21N3O4/c17-16(22)12-6-8-19(9-7-12)15(21)10-18-14(20)11-23-13-4-2-1-3-5-13/h1-5,12H,6-11H2,(H2,17,22)(H,18,20). The Balaban J connectivity index is 1.66. The molecule has 0 unspecified atom stereocenters. The Morgan fingerprint density at radius 3 is 2.43 bits per heavy atom. The van der Waals surface area contributed by atoms with Gasteiger partial charge in [0.25, 0.3) is 5.91 Å². The van der Waals surface area contributed by atoms with Gasteiger partial charge in [0.2, 0.25) is 11.8 Å². The average molecular weight is 319 g/mol. The average Bonchev–Trinajstić information content (AvgIpc) is 2.58. The minimum Gasteiger partial charge on any atom is -0.484 e. The Morgan fingerprint density at radius 2 is 1.83 bits per heavy atom. The number of para-hydroxylation sites is 1. The third kappa shape index (κ3) is 5.28. The van der Waals surface area contributed by atoms with Crippen molar-refractivity contribution in [1.82, 2.24) is 10.2 Å². The number of benzene rings is 1. The molecule has 0 aliphatic carbocycles. The summed E-state index contributed by atoms with van der Waals surface area (Å²) >= 11 is 0. The van der Waals surface area contributed by atoms with Crippen LogP contribution in [0.1, 0.15) is 12.8 Å². The van der Waals surface area contributed by atoms with Crippen LogP contribution >= 0.6 is 0 Å². The summed E-state index contributed by atoms with van der Waals surface area (Å²) in [6.07, 6.45) is 1.15. The molecule has 7 nitrogen and oxygen atoms in total. The lowest BCUT2D eigenvalue weighted by atomic mass is 9.96. The molecule has 1 aliphatic heterocycles. The van der Waals surface area contributed by atoms with E-state index in [0.29, 0.717) is 31.7 Å². The van der Waals surface area contributed by atoms with E-state index in [1.165, 1.54) is 0 Å². The largest absolute Gasteiger partial charge is 0.484 e. The van der Waals surface area contributed by atoms with Gasteiger partial charge in [0.05, 0.1) is 6.54 Å². The van der Waals surface area contributed by atoms with Crippen LogP contribution in [0.2, 0.25) is 0 Å². The second kappa shape index (κ2) is 8.17. The lowest BCUT2D eigenvalue weighted by molar-refractivity contribution is -0.135. The molecule has 2 rings (SSSR count). The zero-order valence-electron chi connectivity index (χ0n) is 12.9. The molecule has 0 saturated carbocycles. The minimum atomic E-state index is -0.353. The van der Waals surface area contributed by atoms with E-state index in [2.05, 4.69) is 5.32 Å². The number of amides is 3. The van der Waals surface area contributed by atoms with Crippen molar-refractivity contribution in [3.8, 4) is 5.75 Å². The Hall–Kier alpha value is -2.57. The number of primary amides is 1. The molecule has 1 aromatic carbocycles. The number of likely N-dealkylation sites (tertiary alicyclic amines) is 1. The summed E-state index contributed by atoms with van der Waals surface area (Å²) in [6, 6.07) is 8.98. The van der Waals surface area contributed by atoms with Crippen LogP contribution in [-0.4, -0.2) is 48.9 Å². The molecule has 0 atom stereocenters. The van der Waals surface area contributed by atoms with Crippen molar-refractivity contribution in [3.05, 3.63) is 30.3 Å². The molecular formula is C16H21N3O4. The highest BCUT2D eigenvalue weighted by molar-refractivity contribution is 5.85. The summed E-state index contributed by atoms with van der Waals surface area (Å²) in [5.74, 6) is -0.394. The first-order valence-electron chi connectivity index (χ1n) is 7.58. The van der Waals surface area contributed by atoms with Gasteiger partial charge in [-0.05, 0) is 25.0 Å². The van der Waals surface area contributed by atoms with Gasteiger partial charge < -0.3 is 20.7 Å². The monoisotopic (exact) mass is 319 g/mol. The van der Waals surface area contributed by atoms with Gasteiger partial charge in [-0.25, -0.2) is 0 Å². The van der Waals surface area contributed by atoms with E-state index in [1.807, 2.05) is 18.2 Å². The molecular weight excluding hydrogens is 298 g/mol. The van der Waals surface area contributed by atoms with Crippen LogP contribution in [0, 0.1) is 5.92 Å². The van der Waals surface area contributed by atoms with Crippen LogP contribution in [-0.2, 0) is 14.4 Å². The number of nitrogens with two attached hydrogens (primary N) is 1. The van der Waals surface area contributed by atoms with Gasteiger partial charge >= 0.3 is 0 Å². The van der Waals surface area contributed by atoms with Crippen LogP contribution in [0.15, 0.2) is 30.3 Å². The number of hydrogen-bond donors (Lipinski definition) is 2. The highest BCUT2D eigenvalue weighted by atomic mass is 16.5. The van der Waals surface area contributed by atoms with Crippen LogP contribution in [0.4, 0.5) is 0 Å². The maximum absolute atomic E-state index is 12.0. The molecule has 0 aromatic heterocycles. The zero-order chi connectivity index (χ0) is 16.7. The van der Waals surface area contributed by atoms with E-state index in [-0.39, 0.29) is 36.8 Å². The predicted octanol–water partition coefficient (Wildman–Crippen LogP) is -0.0945. The van der Waals surface area contributed by atoms with Gasteiger partial charge in [-0.2, -0.15) is 0 Å². The van der Waals surface area contributed by atoms with Crippen molar-refractivity contribution < 1.29 is 19.1 Å². The number of ether oxygens (including phenoxy) is 1. The fourth-order valence-corrected chi connectivity index (χ4v) is 2.42. The molecule has 124 valence electrons. The van der Waals surface area contributed by atoms with E-state index in [1.54, 1.807) is 17.0 Å². The van der Waals surface area contributed by atoms with Crippen LogP contribution in [0.5, 0.6) is 5.75 Å². The second-order valence-corrected chi connectivity index (χ2v) is 5.44. The molecule has 0 bridgehead atoms. The Bertz CT molecular complexity index is 554. The molecule has 1 heterocycles. The van der Waals surface area contributed by atoms with Crippen molar-refractivity contribution in [2.75, 3.05) is 26.2 Å². The van der Waals surface area contributed by atoms with Crippen LogP contribution < -0.4 is 15.8 Å². The lowest BCUT2D eigenvalue weighted by Crippen LogP contribution is -2.46. The molecule has 3 amide bonds. The molecule has 0 spiro atoms. The molecule has 1 aromatic rings. The molecule has 0 radical (unpaired) electrons. The maximum Gasteiger partial charge on any atom is 0.258 e. The van der Waals surface area contributed by atoms with E-state index in [4.69, 9.17) is 10.5 Å². The number of nitrogens with one attached hydrogen (secondary N) is 1. The molecule has 1 saturated heterocycles. The zero-order valence-corrected chi connectivity index (χ0v) is 12.9. The van der Waals surface area contributed by atoms with E-state index in [0.717, 1.165) is 0 Å². The van der Waals surface area contributed by atoms with E-state index in [9.17, 15) is 14.4 Å². The SMILES string of the molecule is NC(=O)C1CCN(C(=O)CNC(=O)COc2ccccc2)CC1. The number of carbonyl (C=O) groups is 3. The number of piperidine rings is 1. The number of rotatable bonds is 6. The van der Waals surface area contributed by atoms with Gasteiger partial charge in [-0.1, -0.05) is 18.2 Å². The van der Waals surface area contributed by atoms with Gasteiger partial charge in [-0.15, -0.1) is 0 Å². The third-order valence-corrected chi connectivity index (χ3v) is 3.80. The van der Waals surface area contributed by atoms with E-state index < -0.39 is 0 Å². The molecule has 7 heteroatoms. The highest BCUT2D eigenvalue weighted by Crippen LogP contribution is 2.16. The summed E-state index contributed by atoms with van der Waals surface area (Å²) in [5.41, 5.74) is 5.26. The Kier molecular flexibility index (Phi) is 5.96. The smallest absolute Gasteiger partial charge is 0.258 e. The molecule has 3 N–H and O–H groups in total. The van der Waals surface area contributed by atoms with Crippen LogP contribution in [0.3, 0.4) is 0 Å². The Morgan fingerprint density at radius 1 is 1.17 bits per heavy atom. The molecule has 23 heavy (non-hydrogen) atoms. The summed E-state index contributed by atoms with van der Waals surface area (Å²) < 4.78 is 5.30. The van der Waals surface area contributed by atoms with Crippen molar-refractivity contribution in [2.24, 2.45) is 11.7 Å². The summed E-state index contributed by atoms with van der Waals surface area (Å²) in [7, 11) is 0. The van der Waals surface area contributed by atoms with Crippen molar-refractivity contribution in [3.63, 3.8) is 0 Å². The quantitative estimate of drug-likeness (QED) is 0.765. The van der Waals surface area contributed by atoms with Gasteiger partial charge in [0.1, 0.15) is 5.75 Å². The fourth-order valence-electron chi connectivity index (χ4n) is 2.42. The maximum atomic E-state index is 12.0. The normalized spacial score (nSPS) is 15.0. The minimum absolute atomic E-state index is 0.0712. The van der Waals surface area contributed by atoms with Crippen LogP contribution in [0.25, 0.3) is 0 Å². The van der Waals surface area contributed by atoms with E-state index >= 15 is 0 Å². The molecule has 1 aliphatic rings. The van der Waals surface area contributed by atoms with Crippen molar-refractivity contribution in [1.29, 1.82) is 0 Å². The van der Waals surface area contributed by atoms with Gasteiger partial charge in [-0.3, -0.25) is 14.4 Å². The summed E-state index contributed by atoms with van der Waals surface area (Å²) in [6.45, 7) is 0.769. The topological polar surface area (TPSA) is 102 Å². The third-order valence-electron chi connectivity index (χ3n) is 3.80. The first kappa shape index (κ1) is 16.8. The summed E-state index contributed by atoms with van der Waals surface area (Å²) in [5, 5.41) is 2.54. The first-order chi connectivity index (χ1) is 11.1. The highest BCUT2D eigenvalue weighted by Gasteiger charge is 2.25. The predicted molar refractivity (Wildman–Crippen MR) is 83.4 cm³/mol. The number of hydrogen-bond acceptors (Lipinski definition) is 4. The van der Waals surface area contributed by atoms with Crippen molar-refractivity contribution in [2.45, 2.75) is 12.8 Å². The fraction of sp³-hybridized carbons (Fsp3) is 0.438.